The van der Waals surface area contributed by atoms with E-state index in [1.54, 1.807) is 19.1 Å². The number of anilines is 1. The summed E-state index contributed by atoms with van der Waals surface area (Å²) in [7, 11) is 0. The van der Waals surface area contributed by atoms with Crippen LogP contribution in [0.3, 0.4) is 0 Å². The lowest BCUT2D eigenvalue weighted by molar-refractivity contribution is -0.120. The van der Waals surface area contributed by atoms with E-state index >= 15 is 0 Å². The minimum absolute atomic E-state index is 0. The highest BCUT2D eigenvalue weighted by atomic mass is 35.5. The van der Waals surface area contributed by atoms with Crippen molar-refractivity contribution in [3.63, 3.8) is 0 Å². The second-order valence-electron chi connectivity index (χ2n) is 4.13. The van der Waals surface area contributed by atoms with E-state index in [2.05, 4.69) is 5.32 Å². The van der Waals surface area contributed by atoms with E-state index in [4.69, 9.17) is 5.73 Å². The summed E-state index contributed by atoms with van der Waals surface area (Å²) >= 11 is 0. The average Bonchev–Trinajstić information content (AvgIpc) is 2.17. The lowest BCUT2D eigenvalue weighted by Crippen LogP contribution is -2.48. The zero-order chi connectivity index (χ0) is 12.2. The summed E-state index contributed by atoms with van der Waals surface area (Å²) in [5, 5.41) is 2.60. The highest BCUT2D eigenvalue weighted by Crippen LogP contribution is 2.14. The molecule has 0 heterocycles. The first-order valence-corrected chi connectivity index (χ1v) is 5.31. The molecule has 1 amide bonds. The summed E-state index contributed by atoms with van der Waals surface area (Å²) in [6.45, 7) is 3.63. The van der Waals surface area contributed by atoms with Crippen LogP contribution in [0.2, 0.25) is 0 Å². The minimum atomic E-state index is -0.916. The molecule has 1 unspecified atom stereocenters. The van der Waals surface area contributed by atoms with Crippen LogP contribution in [0.4, 0.5) is 10.1 Å². The first-order chi connectivity index (χ1) is 7.45. The molecule has 0 aliphatic carbocycles. The van der Waals surface area contributed by atoms with E-state index in [-0.39, 0.29) is 24.1 Å². The molecule has 0 radical (unpaired) electrons. The van der Waals surface area contributed by atoms with E-state index in [1.807, 2.05) is 6.92 Å². The van der Waals surface area contributed by atoms with Gasteiger partial charge in [0.1, 0.15) is 5.82 Å². The molecule has 1 rings (SSSR count). The van der Waals surface area contributed by atoms with Crippen LogP contribution in [0.15, 0.2) is 24.3 Å². The maximum absolute atomic E-state index is 12.9. The molecule has 1 atom stereocenters. The molecule has 0 bridgehead atoms. The third kappa shape index (κ3) is 4.71. The molecule has 3 nitrogen and oxygen atoms in total. The average molecular weight is 261 g/mol. The third-order valence-corrected chi connectivity index (χ3v) is 2.37. The summed E-state index contributed by atoms with van der Waals surface area (Å²) in [5.41, 5.74) is 5.36. The number of hydrogen-bond acceptors (Lipinski definition) is 2. The summed E-state index contributed by atoms with van der Waals surface area (Å²) < 4.78 is 12.9. The Labute approximate surface area is 107 Å². The standard InChI is InChI=1S/C12H17FN2O.ClH/c1-3-7-12(2,14)11(16)15-10-6-4-5-9(13)8-10;/h4-6,8H,3,7,14H2,1-2H3,(H,15,16);1H. The molecule has 0 saturated heterocycles. The fourth-order valence-corrected chi connectivity index (χ4v) is 1.47. The van der Waals surface area contributed by atoms with Crippen molar-refractivity contribution in [3.05, 3.63) is 30.1 Å². The molecule has 0 aromatic heterocycles. The van der Waals surface area contributed by atoms with Gasteiger partial charge in [-0.25, -0.2) is 4.39 Å². The Balaban J connectivity index is 0.00000256. The van der Waals surface area contributed by atoms with Crippen molar-refractivity contribution >= 4 is 24.0 Å². The Bertz CT molecular complexity index is 383. The van der Waals surface area contributed by atoms with Crippen LogP contribution in [-0.2, 0) is 4.79 Å². The Kier molecular flexibility index (Phi) is 6.13. The first kappa shape index (κ1) is 15.9. The maximum Gasteiger partial charge on any atom is 0.244 e. The van der Waals surface area contributed by atoms with Gasteiger partial charge in [0.25, 0.3) is 0 Å². The van der Waals surface area contributed by atoms with E-state index in [0.29, 0.717) is 12.1 Å². The third-order valence-electron chi connectivity index (χ3n) is 2.37. The van der Waals surface area contributed by atoms with Gasteiger partial charge >= 0.3 is 0 Å². The Hall–Kier alpha value is -1.13. The second kappa shape index (κ2) is 6.57. The van der Waals surface area contributed by atoms with Crippen LogP contribution in [0.1, 0.15) is 26.7 Å². The predicted molar refractivity (Wildman–Crippen MR) is 69.8 cm³/mol. The largest absolute Gasteiger partial charge is 0.324 e. The van der Waals surface area contributed by atoms with Gasteiger partial charge in [-0.15, -0.1) is 12.4 Å². The zero-order valence-electron chi connectivity index (χ0n) is 10.00. The van der Waals surface area contributed by atoms with Crippen molar-refractivity contribution in [3.8, 4) is 0 Å². The monoisotopic (exact) mass is 260 g/mol. The van der Waals surface area contributed by atoms with Crippen LogP contribution < -0.4 is 11.1 Å². The molecule has 17 heavy (non-hydrogen) atoms. The Morgan fingerprint density at radius 2 is 2.18 bits per heavy atom. The Morgan fingerprint density at radius 3 is 2.71 bits per heavy atom. The van der Waals surface area contributed by atoms with Crippen LogP contribution in [0.25, 0.3) is 0 Å². The van der Waals surface area contributed by atoms with Crippen LogP contribution in [0, 0.1) is 5.82 Å². The van der Waals surface area contributed by atoms with Gasteiger partial charge in [-0.05, 0) is 31.5 Å². The quantitative estimate of drug-likeness (QED) is 0.875. The van der Waals surface area contributed by atoms with Crippen molar-refractivity contribution in [2.45, 2.75) is 32.2 Å². The molecule has 1 aromatic rings. The van der Waals surface area contributed by atoms with Gasteiger partial charge in [-0.1, -0.05) is 19.4 Å². The van der Waals surface area contributed by atoms with Gasteiger partial charge in [0.15, 0.2) is 0 Å². The summed E-state index contributed by atoms with van der Waals surface area (Å²) in [5.74, 6) is -0.674. The van der Waals surface area contributed by atoms with Gasteiger partial charge in [0.05, 0.1) is 5.54 Å². The molecular formula is C12H18ClFN2O. The molecule has 0 spiro atoms. The summed E-state index contributed by atoms with van der Waals surface area (Å²) in [6.07, 6.45) is 1.41. The fraction of sp³-hybridized carbons (Fsp3) is 0.417. The molecule has 1 aromatic carbocycles. The molecule has 0 aliphatic heterocycles. The molecule has 3 N–H and O–H groups in total. The van der Waals surface area contributed by atoms with Gasteiger partial charge in [-0.2, -0.15) is 0 Å². The molecule has 0 aliphatic rings. The van der Waals surface area contributed by atoms with E-state index < -0.39 is 5.54 Å². The van der Waals surface area contributed by atoms with Crippen LogP contribution >= 0.6 is 12.4 Å². The number of benzene rings is 1. The SMILES string of the molecule is CCCC(C)(N)C(=O)Nc1cccc(F)c1.Cl. The maximum atomic E-state index is 12.9. The molecule has 0 saturated carbocycles. The van der Waals surface area contributed by atoms with Crippen LogP contribution in [-0.4, -0.2) is 11.4 Å². The molecular weight excluding hydrogens is 243 g/mol. The topological polar surface area (TPSA) is 55.1 Å². The molecule has 0 fully saturated rings. The van der Waals surface area contributed by atoms with Gasteiger partial charge in [-0.3, -0.25) is 4.79 Å². The summed E-state index contributed by atoms with van der Waals surface area (Å²) in [6, 6.07) is 5.75. The predicted octanol–water partition coefficient (Wildman–Crippen LogP) is 2.70. The van der Waals surface area contributed by atoms with E-state index in [0.717, 1.165) is 6.42 Å². The molecule has 96 valence electrons. The van der Waals surface area contributed by atoms with Crippen molar-refractivity contribution in [2.24, 2.45) is 5.73 Å². The normalized spacial score (nSPS) is 13.4. The number of carbonyl (C=O) groups excluding carboxylic acids is 1. The van der Waals surface area contributed by atoms with Crippen molar-refractivity contribution < 1.29 is 9.18 Å². The number of hydrogen-bond donors (Lipinski definition) is 2. The highest BCUT2D eigenvalue weighted by Gasteiger charge is 2.27. The minimum Gasteiger partial charge on any atom is -0.324 e. The van der Waals surface area contributed by atoms with E-state index in [9.17, 15) is 9.18 Å². The molecule has 5 heteroatoms. The van der Waals surface area contributed by atoms with Crippen LogP contribution in [0.5, 0.6) is 0 Å². The number of carbonyl (C=O) groups is 1. The fourth-order valence-electron chi connectivity index (χ4n) is 1.47. The number of nitrogens with one attached hydrogen (secondary N) is 1. The number of nitrogens with two attached hydrogens (primary N) is 1. The number of rotatable bonds is 4. The highest BCUT2D eigenvalue weighted by molar-refractivity contribution is 5.97. The smallest absolute Gasteiger partial charge is 0.244 e. The first-order valence-electron chi connectivity index (χ1n) is 5.31. The van der Waals surface area contributed by atoms with E-state index in [1.165, 1.54) is 12.1 Å². The van der Waals surface area contributed by atoms with Crippen molar-refractivity contribution in [1.82, 2.24) is 0 Å². The van der Waals surface area contributed by atoms with Gasteiger partial charge < -0.3 is 11.1 Å². The Morgan fingerprint density at radius 1 is 1.53 bits per heavy atom. The van der Waals surface area contributed by atoms with Gasteiger partial charge in [0, 0.05) is 5.69 Å². The lowest BCUT2D eigenvalue weighted by Gasteiger charge is -2.22. The lowest BCUT2D eigenvalue weighted by atomic mass is 9.96. The number of amides is 1. The second-order valence-corrected chi connectivity index (χ2v) is 4.13. The number of halogens is 2. The van der Waals surface area contributed by atoms with Gasteiger partial charge in [0.2, 0.25) is 5.91 Å². The van der Waals surface area contributed by atoms with Crippen molar-refractivity contribution in [2.75, 3.05) is 5.32 Å². The van der Waals surface area contributed by atoms with Crippen molar-refractivity contribution in [1.29, 1.82) is 0 Å². The summed E-state index contributed by atoms with van der Waals surface area (Å²) in [4.78, 5) is 11.8. The zero-order valence-corrected chi connectivity index (χ0v) is 10.8.